The summed E-state index contributed by atoms with van der Waals surface area (Å²) in [5, 5.41) is 13.2. The summed E-state index contributed by atoms with van der Waals surface area (Å²) < 4.78 is 16.7. The van der Waals surface area contributed by atoms with E-state index in [1.54, 1.807) is 31.4 Å². The number of aliphatic hydroxyl groups excluding tert-OH is 1. The van der Waals surface area contributed by atoms with E-state index in [0.29, 0.717) is 29.2 Å². The second-order valence-corrected chi connectivity index (χ2v) is 9.13. The third-order valence-corrected chi connectivity index (χ3v) is 6.20. The third-order valence-electron chi connectivity index (χ3n) is 6.20. The summed E-state index contributed by atoms with van der Waals surface area (Å²) in [6.45, 7) is 4.98. The van der Waals surface area contributed by atoms with Crippen molar-refractivity contribution >= 4 is 28.2 Å². The lowest BCUT2D eigenvalue weighted by molar-refractivity contribution is -0.140. The summed E-state index contributed by atoms with van der Waals surface area (Å²) in [5.74, 6) is -0.289. The SMILES string of the molecule is COCCN1C(=O)C(=O)/C(=C(/O)c2cccc3ccccc23)C1c1ccc(OC)c(OCC(C)C)c1. The molecule has 4 rings (SSSR count). The van der Waals surface area contributed by atoms with Crippen molar-refractivity contribution in [2.75, 3.05) is 34.0 Å². The first-order valence-electron chi connectivity index (χ1n) is 11.9. The zero-order valence-corrected chi connectivity index (χ0v) is 21.0. The molecule has 7 nitrogen and oxygen atoms in total. The van der Waals surface area contributed by atoms with Crippen molar-refractivity contribution in [3.05, 3.63) is 77.4 Å². The first-order valence-corrected chi connectivity index (χ1v) is 11.9. The van der Waals surface area contributed by atoms with Gasteiger partial charge in [0.2, 0.25) is 0 Å². The Morgan fingerprint density at radius 1 is 1.00 bits per heavy atom. The number of hydrogen-bond acceptors (Lipinski definition) is 6. The minimum Gasteiger partial charge on any atom is -0.507 e. The van der Waals surface area contributed by atoms with Gasteiger partial charge < -0.3 is 24.2 Å². The summed E-state index contributed by atoms with van der Waals surface area (Å²) in [6, 6.07) is 17.6. The third kappa shape index (κ3) is 4.79. The monoisotopic (exact) mass is 489 g/mol. The van der Waals surface area contributed by atoms with Crippen LogP contribution >= 0.6 is 0 Å². The van der Waals surface area contributed by atoms with Gasteiger partial charge in [-0.3, -0.25) is 9.59 Å². The molecule has 36 heavy (non-hydrogen) atoms. The summed E-state index contributed by atoms with van der Waals surface area (Å²) in [4.78, 5) is 27.9. The van der Waals surface area contributed by atoms with E-state index in [0.717, 1.165) is 10.8 Å². The van der Waals surface area contributed by atoms with E-state index in [-0.39, 0.29) is 30.4 Å². The van der Waals surface area contributed by atoms with Crippen molar-refractivity contribution in [1.29, 1.82) is 0 Å². The fourth-order valence-electron chi connectivity index (χ4n) is 4.46. The molecule has 1 unspecified atom stereocenters. The zero-order valence-electron chi connectivity index (χ0n) is 21.0. The average Bonchev–Trinajstić information content (AvgIpc) is 3.14. The predicted molar refractivity (Wildman–Crippen MR) is 138 cm³/mol. The van der Waals surface area contributed by atoms with Crippen LogP contribution in [0.1, 0.15) is 31.0 Å². The van der Waals surface area contributed by atoms with Crippen molar-refractivity contribution in [3.63, 3.8) is 0 Å². The maximum Gasteiger partial charge on any atom is 0.295 e. The van der Waals surface area contributed by atoms with E-state index < -0.39 is 17.7 Å². The van der Waals surface area contributed by atoms with E-state index in [1.165, 1.54) is 12.0 Å². The summed E-state index contributed by atoms with van der Waals surface area (Å²) in [7, 11) is 3.09. The molecular weight excluding hydrogens is 458 g/mol. The number of rotatable bonds is 9. The molecule has 0 aliphatic carbocycles. The number of ketones is 1. The molecule has 1 atom stereocenters. The van der Waals surface area contributed by atoms with Crippen LogP contribution in [-0.4, -0.2) is 55.7 Å². The molecule has 0 aromatic heterocycles. The van der Waals surface area contributed by atoms with Gasteiger partial charge in [0.1, 0.15) is 5.76 Å². The number of amides is 1. The first kappa shape index (κ1) is 25.3. The number of nitrogens with zero attached hydrogens (tertiary/aromatic N) is 1. The highest BCUT2D eigenvalue weighted by Gasteiger charge is 2.46. The molecule has 3 aromatic rings. The van der Waals surface area contributed by atoms with Gasteiger partial charge in [0.25, 0.3) is 11.7 Å². The predicted octanol–water partition coefficient (Wildman–Crippen LogP) is 4.95. The fraction of sp³-hybridized carbons (Fsp3) is 0.310. The maximum atomic E-state index is 13.3. The number of fused-ring (bicyclic) bond motifs is 1. The second-order valence-electron chi connectivity index (χ2n) is 9.13. The molecule has 7 heteroatoms. The standard InChI is InChI=1S/C29H31NO6/c1-18(2)17-36-24-16-20(12-13-23(24)35-4)26-25(28(32)29(33)30(26)14-15-34-3)27(31)22-11-7-9-19-8-5-6-10-21(19)22/h5-13,16,18,26,31H,14-15,17H2,1-4H3/b27-25+. The molecule has 1 amide bonds. The number of hydrogen-bond donors (Lipinski definition) is 1. The number of Topliss-reactive ketones (excluding diaryl/α,β-unsaturated/α-hetero) is 1. The van der Waals surface area contributed by atoms with Gasteiger partial charge in [0.05, 0.1) is 31.9 Å². The van der Waals surface area contributed by atoms with Crippen LogP contribution in [0.3, 0.4) is 0 Å². The highest BCUT2D eigenvalue weighted by atomic mass is 16.5. The van der Waals surface area contributed by atoms with Crippen molar-refractivity contribution in [2.45, 2.75) is 19.9 Å². The van der Waals surface area contributed by atoms with Gasteiger partial charge in [0, 0.05) is 19.2 Å². The maximum absolute atomic E-state index is 13.3. The smallest absolute Gasteiger partial charge is 0.295 e. The fourth-order valence-corrected chi connectivity index (χ4v) is 4.46. The molecule has 188 valence electrons. The van der Waals surface area contributed by atoms with E-state index in [4.69, 9.17) is 14.2 Å². The Kier molecular flexibility index (Phi) is 7.60. The first-order chi connectivity index (χ1) is 17.4. The van der Waals surface area contributed by atoms with E-state index in [2.05, 4.69) is 0 Å². The molecule has 0 saturated carbocycles. The quantitative estimate of drug-likeness (QED) is 0.260. The Balaban J connectivity index is 1.90. The zero-order chi connectivity index (χ0) is 25.8. The molecule has 3 aromatic carbocycles. The molecule has 0 bridgehead atoms. The van der Waals surface area contributed by atoms with Crippen LogP contribution in [0, 0.1) is 5.92 Å². The van der Waals surface area contributed by atoms with Crippen molar-refractivity contribution in [3.8, 4) is 11.5 Å². The number of methoxy groups -OCH3 is 2. The van der Waals surface area contributed by atoms with E-state index in [9.17, 15) is 14.7 Å². The van der Waals surface area contributed by atoms with Crippen LogP contribution in [0.25, 0.3) is 16.5 Å². The molecule has 1 aliphatic heterocycles. The van der Waals surface area contributed by atoms with E-state index in [1.807, 2.05) is 50.2 Å². The Labute approximate surface area is 210 Å². The normalized spacial score (nSPS) is 17.2. The second kappa shape index (κ2) is 10.8. The van der Waals surface area contributed by atoms with E-state index >= 15 is 0 Å². The molecule has 1 N–H and O–H groups in total. The van der Waals surface area contributed by atoms with Crippen LogP contribution in [0.2, 0.25) is 0 Å². The van der Waals surface area contributed by atoms with Crippen LogP contribution in [0.5, 0.6) is 11.5 Å². The Hall–Kier alpha value is -3.84. The average molecular weight is 490 g/mol. The summed E-state index contributed by atoms with van der Waals surface area (Å²) in [5.41, 5.74) is 1.16. The Morgan fingerprint density at radius 2 is 1.75 bits per heavy atom. The summed E-state index contributed by atoms with van der Waals surface area (Å²) in [6.07, 6.45) is 0. The molecule has 1 saturated heterocycles. The molecule has 1 heterocycles. The molecule has 1 fully saturated rings. The number of carbonyl (C=O) groups is 2. The number of ether oxygens (including phenoxy) is 3. The van der Waals surface area contributed by atoms with Gasteiger partial charge in [-0.05, 0) is 34.4 Å². The number of likely N-dealkylation sites (tertiary alicyclic amines) is 1. The van der Waals surface area contributed by atoms with Gasteiger partial charge in [-0.15, -0.1) is 0 Å². The Morgan fingerprint density at radius 3 is 2.47 bits per heavy atom. The molecular formula is C29H31NO6. The summed E-state index contributed by atoms with van der Waals surface area (Å²) >= 11 is 0. The highest BCUT2D eigenvalue weighted by molar-refractivity contribution is 6.46. The van der Waals surface area contributed by atoms with Gasteiger partial charge in [-0.25, -0.2) is 0 Å². The number of aliphatic hydroxyl groups is 1. The van der Waals surface area contributed by atoms with Crippen LogP contribution in [-0.2, 0) is 14.3 Å². The minimum absolute atomic E-state index is 0.0347. The van der Waals surface area contributed by atoms with Gasteiger partial charge in [0.15, 0.2) is 11.5 Å². The van der Waals surface area contributed by atoms with Gasteiger partial charge in [-0.1, -0.05) is 62.4 Å². The number of benzene rings is 3. The highest BCUT2D eigenvalue weighted by Crippen LogP contribution is 2.42. The Bertz CT molecular complexity index is 1310. The van der Waals surface area contributed by atoms with Gasteiger partial charge >= 0.3 is 0 Å². The van der Waals surface area contributed by atoms with Gasteiger partial charge in [-0.2, -0.15) is 0 Å². The van der Waals surface area contributed by atoms with Crippen LogP contribution in [0.4, 0.5) is 0 Å². The lowest BCUT2D eigenvalue weighted by Gasteiger charge is -2.26. The largest absolute Gasteiger partial charge is 0.507 e. The lowest BCUT2D eigenvalue weighted by atomic mass is 9.93. The van der Waals surface area contributed by atoms with Crippen LogP contribution in [0.15, 0.2) is 66.2 Å². The van der Waals surface area contributed by atoms with Crippen molar-refractivity contribution in [1.82, 2.24) is 4.90 Å². The molecule has 0 radical (unpaired) electrons. The van der Waals surface area contributed by atoms with Crippen molar-refractivity contribution in [2.24, 2.45) is 5.92 Å². The molecule has 0 spiro atoms. The number of carbonyl (C=O) groups excluding carboxylic acids is 2. The minimum atomic E-state index is -0.813. The van der Waals surface area contributed by atoms with Crippen molar-refractivity contribution < 1.29 is 28.9 Å². The molecule has 1 aliphatic rings. The topological polar surface area (TPSA) is 85.3 Å². The van der Waals surface area contributed by atoms with Crippen LogP contribution < -0.4 is 9.47 Å². The lowest BCUT2D eigenvalue weighted by Crippen LogP contribution is -2.32.